The van der Waals surface area contributed by atoms with Crippen molar-refractivity contribution < 1.29 is 13.5 Å². The maximum atomic E-state index is 13.1. The smallest absolute Gasteiger partial charge is 0.191 e. The van der Waals surface area contributed by atoms with Gasteiger partial charge in [0, 0.05) is 6.54 Å². The van der Waals surface area contributed by atoms with Crippen LogP contribution in [0.1, 0.15) is 6.92 Å². The summed E-state index contributed by atoms with van der Waals surface area (Å²) in [5, 5.41) is 3.05. The summed E-state index contributed by atoms with van der Waals surface area (Å²) >= 11 is 0. The fourth-order valence-corrected chi connectivity index (χ4v) is 1.15. The van der Waals surface area contributed by atoms with Crippen LogP contribution in [0.4, 0.5) is 8.78 Å². The van der Waals surface area contributed by atoms with Crippen molar-refractivity contribution >= 4 is 0 Å². The molecule has 0 fully saturated rings. The van der Waals surface area contributed by atoms with E-state index in [-0.39, 0.29) is 12.4 Å². The van der Waals surface area contributed by atoms with E-state index in [1.807, 2.05) is 6.92 Å². The van der Waals surface area contributed by atoms with Crippen LogP contribution in [0.25, 0.3) is 0 Å². The Bertz CT molecular complexity index is 346. The molecule has 0 aliphatic carbocycles. The monoisotopic (exact) mass is 227 g/mol. The van der Waals surface area contributed by atoms with Crippen molar-refractivity contribution in [2.45, 2.75) is 6.92 Å². The zero-order chi connectivity index (χ0) is 12.0. The van der Waals surface area contributed by atoms with E-state index in [2.05, 4.69) is 11.9 Å². The molecule has 0 radical (unpaired) electrons. The molecule has 0 aliphatic heterocycles. The van der Waals surface area contributed by atoms with E-state index in [9.17, 15) is 8.78 Å². The molecule has 0 saturated heterocycles. The number of rotatable bonds is 6. The zero-order valence-electron chi connectivity index (χ0n) is 9.22. The van der Waals surface area contributed by atoms with E-state index in [1.165, 1.54) is 6.07 Å². The van der Waals surface area contributed by atoms with Gasteiger partial charge in [-0.1, -0.05) is 19.6 Å². The Balaban J connectivity index is 2.51. The van der Waals surface area contributed by atoms with Gasteiger partial charge < -0.3 is 10.1 Å². The SMILES string of the molecule is C=C(CNCC)COc1c(F)cccc1F. The van der Waals surface area contributed by atoms with Gasteiger partial charge in [-0.05, 0) is 24.3 Å². The molecular weight excluding hydrogens is 212 g/mol. The normalized spacial score (nSPS) is 10.2. The molecule has 0 aromatic heterocycles. The Morgan fingerprint density at radius 3 is 2.56 bits per heavy atom. The van der Waals surface area contributed by atoms with Crippen molar-refractivity contribution in [1.29, 1.82) is 0 Å². The molecule has 0 heterocycles. The quantitative estimate of drug-likeness (QED) is 0.754. The van der Waals surface area contributed by atoms with Gasteiger partial charge in [-0.25, -0.2) is 8.78 Å². The number of hydrogen-bond donors (Lipinski definition) is 1. The summed E-state index contributed by atoms with van der Waals surface area (Å²) in [6.07, 6.45) is 0. The van der Waals surface area contributed by atoms with Crippen molar-refractivity contribution in [2.75, 3.05) is 19.7 Å². The predicted octanol–water partition coefficient (Wildman–Crippen LogP) is 2.51. The number of hydrogen-bond acceptors (Lipinski definition) is 2. The second kappa shape index (κ2) is 6.23. The standard InChI is InChI=1S/C12H15F2NO/c1-3-15-7-9(2)8-16-12-10(13)5-4-6-11(12)14/h4-6,15H,2-3,7-8H2,1H3. The lowest BCUT2D eigenvalue weighted by atomic mass is 10.3. The summed E-state index contributed by atoms with van der Waals surface area (Å²) in [4.78, 5) is 0. The van der Waals surface area contributed by atoms with Crippen LogP contribution in [-0.2, 0) is 0 Å². The second-order valence-corrected chi connectivity index (χ2v) is 3.37. The Hall–Kier alpha value is -1.42. The van der Waals surface area contributed by atoms with E-state index >= 15 is 0 Å². The molecule has 2 nitrogen and oxygen atoms in total. The molecule has 88 valence electrons. The minimum absolute atomic E-state index is 0.102. The first-order chi connectivity index (χ1) is 7.65. The average Bonchev–Trinajstić information content (AvgIpc) is 2.25. The highest BCUT2D eigenvalue weighted by molar-refractivity contribution is 5.26. The molecule has 0 bridgehead atoms. The van der Waals surface area contributed by atoms with Crippen molar-refractivity contribution in [3.63, 3.8) is 0 Å². The molecule has 0 atom stereocenters. The van der Waals surface area contributed by atoms with Crippen LogP contribution in [0.15, 0.2) is 30.4 Å². The minimum atomic E-state index is -0.698. The summed E-state index contributed by atoms with van der Waals surface area (Å²) in [6, 6.07) is 3.61. The van der Waals surface area contributed by atoms with Gasteiger partial charge in [0.2, 0.25) is 0 Å². The Kier molecular flexibility index (Phi) is 4.92. The summed E-state index contributed by atoms with van der Waals surface area (Å²) in [6.45, 7) is 7.19. The van der Waals surface area contributed by atoms with Crippen LogP contribution in [0.5, 0.6) is 5.75 Å². The van der Waals surface area contributed by atoms with E-state index < -0.39 is 11.6 Å². The number of nitrogens with one attached hydrogen (secondary N) is 1. The predicted molar refractivity (Wildman–Crippen MR) is 59.5 cm³/mol. The number of halogens is 2. The van der Waals surface area contributed by atoms with Gasteiger partial charge in [0.1, 0.15) is 6.61 Å². The molecule has 1 rings (SSSR count). The lowest BCUT2D eigenvalue weighted by molar-refractivity contribution is 0.310. The maximum absolute atomic E-state index is 13.1. The van der Waals surface area contributed by atoms with Gasteiger partial charge in [0.15, 0.2) is 17.4 Å². The van der Waals surface area contributed by atoms with Crippen LogP contribution in [0.3, 0.4) is 0 Å². The largest absolute Gasteiger partial charge is 0.483 e. The number of likely N-dealkylation sites (N-methyl/N-ethyl adjacent to an activating group) is 1. The topological polar surface area (TPSA) is 21.3 Å². The first kappa shape index (κ1) is 12.6. The molecule has 16 heavy (non-hydrogen) atoms. The lowest BCUT2D eigenvalue weighted by Gasteiger charge is -2.10. The van der Waals surface area contributed by atoms with Crippen LogP contribution < -0.4 is 10.1 Å². The Labute approximate surface area is 93.9 Å². The average molecular weight is 227 g/mol. The van der Waals surface area contributed by atoms with E-state index in [0.717, 1.165) is 24.3 Å². The van der Waals surface area contributed by atoms with Gasteiger partial charge in [-0.2, -0.15) is 0 Å². The van der Waals surface area contributed by atoms with E-state index in [0.29, 0.717) is 6.54 Å². The molecule has 1 aromatic rings. The van der Waals surface area contributed by atoms with E-state index in [4.69, 9.17) is 4.74 Å². The zero-order valence-corrected chi connectivity index (χ0v) is 9.22. The third-order valence-corrected chi connectivity index (χ3v) is 1.96. The molecule has 0 aliphatic rings. The highest BCUT2D eigenvalue weighted by Gasteiger charge is 2.09. The third-order valence-electron chi connectivity index (χ3n) is 1.96. The highest BCUT2D eigenvalue weighted by Crippen LogP contribution is 2.20. The third kappa shape index (κ3) is 3.62. The van der Waals surface area contributed by atoms with Crippen molar-refractivity contribution in [3.05, 3.63) is 42.0 Å². The summed E-state index contributed by atoms with van der Waals surface area (Å²) in [5.74, 6) is -1.74. The van der Waals surface area contributed by atoms with Gasteiger partial charge in [-0.3, -0.25) is 0 Å². The first-order valence-electron chi connectivity index (χ1n) is 5.09. The lowest BCUT2D eigenvalue weighted by Crippen LogP contribution is -2.19. The first-order valence-corrected chi connectivity index (χ1v) is 5.09. The Morgan fingerprint density at radius 2 is 2.00 bits per heavy atom. The van der Waals surface area contributed by atoms with Gasteiger partial charge in [0.25, 0.3) is 0 Å². The molecule has 0 unspecified atom stereocenters. The maximum Gasteiger partial charge on any atom is 0.191 e. The van der Waals surface area contributed by atoms with Crippen molar-refractivity contribution in [1.82, 2.24) is 5.32 Å². The van der Waals surface area contributed by atoms with Gasteiger partial charge in [0.05, 0.1) is 0 Å². The van der Waals surface area contributed by atoms with Crippen LogP contribution in [-0.4, -0.2) is 19.7 Å². The molecular formula is C12H15F2NO. The van der Waals surface area contributed by atoms with Crippen molar-refractivity contribution in [3.8, 4) is 5.75 Å². The van der Waals surface area contributed by atoms with E-state index in [1.54, 1.807) is 0 Å². The molecule has 1 N–H and O–H groups in total. The van der Waals surface area contributed by atoms with Crippen molar-refractivity contribution in [2.24, 2.45) is 0 Å². The Morgan fingerprint density at radius 1 is 1.38 bits per heavy atom. The number of ether oxygens (including phenoxy) is 1. The minimum Gasteiger partial charge on any atom is -0.483 e. The van der Waals surface area contributed by atoms with Crippen LogP contribution >= 0.6 is 0 Å². The van der Waals surface area contributed by atoms with Crippen LogP contribution in [0.2, 0.25) is 0 Å². The summed E-state index contributed by atoms with van der Waals surface area (Å²) in [5.41, 5.74) is 0.740. The summed E-state index contributed by atoms with van der Waals surface area (Å²) in [7, 11) is 0. The molecule has 0 spiro atoms. The number of benzene rings is 1. The second-order valence-electron chi connectivity index (χ2n) is 3.37. The highest BCUT2D eigenvalue weighted by atomic mass is 19.1. The number of para-hydroxylation sites is 1. The fourth-order valence-electron chi connectivity index (χ4n) is 1.15. The summed E-state index contributed by atoms with van der Waals surface area (Å²) < 4.78 is 31.3. The molecule has 4 heteroatoms. The van der Waals surface area contributed by atoms with Gasteiger partial charge in [-0.15, -0.1) is 0 Å². The van der Waals surface area contributed by atoms with Crippen LogP contribution in [0, 0.1) is 11.6 Å². The molecule has 0 amide bonds. The fraction of sp³-hybridized carbons (Fsp3) is 0.333. The molecule has 1 aromatic carbocycles. The van der Waals surface area contributed by atoms with Gasteiger partial charge >= 0.3 is 0 Å². The molecule has 0 saturated carbocycles.